The molecule has 6 aliphatic carbocycles. The highest BCUT2D eigenvalue weighted by Gasteiger charge is 2.78. The van der Waals surface area contributed by atoms with Gasteiger partial charge in [-0.2, -0.15) is 0 Å². The van der Waals surface area contributed by atoms with Crippen LogP contribution in [-0.4, -0.2) is 56.8 Å². The normalized spacial score (nSPS) is 50.3. The van der Waals surface area contributed by atoms with Gasteiger partial charge in [-0.15, -0.1) is 0 Å². The first-order chi connectivity index (χ1) is 19.0. The predicted octanol–water partition coefficient (Wildman–Crippen LogP) is 6.54. The number of fused-ring (bicyclic) bond motifs is 6. The van der Waals surface area contributed by atoms with Crippen LogP contribution in [0.4, 0.5) is 13.6 Å². The van der Waals surface area contributed by atoms with Gasteiger partial charge < -0.3 is 20.1 Å². The fourth-order valence-corrected chi connectivity index (χ4v) is 9.67. The van der Waals surface area contributed by atoms with Crippen molar-refractivity contribution >= 4 is 17.9 Å². The van der Waals surface area contributed by atoms with Gasteiger partial charge in [-0.1, -0.05) is 47.6 Å². The summed E-state index contributed by atoms with van der Waals surface area (Å²) < 4.78 is 37.3. The second kappa shape index (κ2) is 10.2. The third-order valence-electron chi connectivity index (χ3n) is 12.3. The second-order valence-electron chi connectivity index (χ2n) is 13.8. The number of hydrogen-bond acceptors (Lipinski definition) is 5. The predicted molar refractivity (Wildman–Crippen MR) is 149 cm³/mol. The lowest BCUT2D eigenvalue weighted by Gasteiger charge is -2.62. The highest BCUT2D eigenvalue weighted by atomic mass is 19.1. The lowest BCUT2D eigenvalue weighted by Crippen LogP contribution is -2.71. The number of halogens is 2. The van der Waals surface area contributed by atoms with Crippen LogP contribution < -0.4 is 0 Å². The molecule has 5 saturated carbocycles. The van der Waals surface area contributed by atoms with E-state index in [1.165, 1.54) is 46.1 Å². The quantitative estimate of drug-likeness (QED) is 0.317. The van der Waals surface area contributed by atoms with Crippen LogP contribution in [0.5, 0.6) is 0 Å². The van der Waals surface area contributed by atoms with Crippen LogP contribution in [0.1, 0.15) is 87.0 Å². The molecular weight excluding hydrogens is 534 g/mol. The Hall–Kier alpha value is -2.29. The van der Waals surface area contributed by atoms with Crippen LogP contribution in [0.2, 0.25) is 0 Å². The topological polar surface area (TPSA) is 121 Å². The maximum atomic E-state index is 17.0. The summed E-state index contributed by atoms with van der Waals surface area (Å²) in [6, 6.07) is 0. The molecule has 0 radical (unpaired) electrons. The van der Waals surface area contributed by atoms with Gasteiger partial charge in [0.15, 0.2) is 11.5 Å². The molecule has 6 unspecified atom stereocenters. The molecule has 0 aliphatic heterocycles. The van der Waals surface area contributed by atoms with Gasteiger partial charge in [-0.25, -0.2) is 18.4 Å². The highest BCUT2D eigenvalue weighted by Crippen LogP contribution is 2.71. The number of carbonyl (C=O) groups excluding carboxylic acids is 1. The van der Waals surface area contributed by atoms with Crippen LogP contribution in [0, 0.1) is 45.8 Å². The van der Waals surface area contributed by atoms with Gasteiger partial charge in [0, 0.05) is 22.7 Å². The van der Waals surface area contributed by atoms with E-state index in [1.807, 2.05) is 13.8 Å². The molecule has 0 saturated heterocycles. The lowest BCUT2D eigenvalue weighted by molar-refractivity contribution is -0.230. The molecular formula is C32H46F2O7. The summed E-state index contributed by atoms with van der Waals surface area (Å²) in [6.07, 6.45) is 2.32. The zero-order valence-corrected chi connectivity index (χ0v) is 25.2. The Morgan fingerprint density at radius 2 is 1.63 bits per heavy atom. The third kappa shape index (κ3) is 4.14. The van der Waals surface area contributed by atoms with Crippen LogP contribution in [-0.2, 0) is 14.3 Å². The van der Waals surface area contributed by atoms with E-state index in [0.717, 1.165) is 29.4 Å². The van der Waals surface area contributed by atoms with Gasteiger partial charge in [-0.05, 0) is 86.3 Å². The van der Waals surface area contributed by atoms with Crippen LogP contribution in [0.25, 0.3) is 0 Å². The van der Waals surface area contributed by atoms with Crippen molar-refractivity contribution < 1.29 is 43.2 Å². The second-order valence-corrected chi connectivity index (χ2v) is 13.8. The molecule has 0 aromatic heterocycles. The van der Waals surface area contributed by atoms with E-state index in [0.29, 0.717) is 0 Å². The molecule has 6 rings (SSSR count). The van der Waals surface area contributed by atoms with Gasteiger partial charge in [0.25, 0.3) is 0 Å². The fourth-order valence-electron chi connectivity index (χ4n) is 9.67. The van der Waals surface area contributed by atoms with E-state index < -0.39 is 70.0 Å². The Kier molecular flexibility index (Phi) is 7.84. The summed E-state index contributed by atoms with van der Waals surface area (Å²) in [5.74, 6) is -2.47. The first-order valence-electron chi connectivity index (χ1n) is 15.1. The molecule has 0 spiro atoms. The molecule has 0 aromatic carbocycles. The monoisotopic (exact) mass is 580 g/mol. The summed E-state index contributed by atoms with van der Waals surface area (Å²) in [5.41, 5.74) is -6.82. The molecule has 9 heteroatoms. The molecule has 6 aliphatic rings. The number of ketones is 1. The molecule has 41 heavy (non-hydrogen) atoms. The molecule has 230 valence electrons. The Bertz CT molecular complexity index is 1170. The van der Waals surface area contributed by atoms with Crippen molar-refractivity contribution in [1.82, 2.24) is 0 Å². The van der Waals surface area contributed by atoms with Crippen molar-refractivity contribution in [2.75, 3.05) is 0 Å². The molecule has 12 atom stereocenters. The number of aliphatic hydroxyl groups excluding tert-OH is 1. The zero-order chi connectivity index (χ0) is 30.9. The number of aliphatic carboxylic acids is 1. The number of allylic oxidation sites excluding steroid dienone is 4. The minimum atomic E-state index is -2.36. The van der Waals surface area contributed by atoms with E-state index in [9.17, 15) is 29.7 Å². The van der Waals surface area contributed by atoms with Crippen molar-refractivity contribution in [3.63, 3.8) is 0 Å². The number of alkyl halides is 2. The van der Waals surface area contributed by atoms with Gasteiger partial charge in [-0.3, -0.25) is 4.79 Å². The Labute approximate surface area is 241 Å². The first-order valence-corrected chi connectivity index (χ1v) is 15.1. The smallest absolute Gasteiger partial charge is 0.478 e. The Morgan fingerprint density at radius 1 is 1.00 bits per heavy atom. The maximum absolute atomic E-state index is 17.0. The van der Waals surface area contributed by atoms with Gasteiger partial charge in [0.2, 0.25) is 5.60 Å². The molecule has 5 fully saturated rings. The van der Waals surface area contributed by atoms with Crippen molar-refractivity contribution in [2.45, 2.75) is 111 Å². The number of aliphatic hydroxyl groups is 1. The summed E-state index contributed by atoms with van der Waals surface area (Å²) in [4.78, 5) is 35.7. The number of rotatable bonds is 2. The number of carboxylic acid groups (broad SMARTS) is 2. The Morgan fingerprint density at radius 3 is 2.10 bits per heavy atom. The number of ether oxygens (including phenoxy) is 1. The summed E-state index contributed by atoms with van der Waals surface area (Å²) in [6.45, 7) is 13.3. The summed E-state index contributed by atoms with van der Waals surface area (Å²) in [5, 5.41) is 30.5. The van der Waals surface area contributed by atoms with Crippen LogP contribution in [0.15, 0.2) is 23.8 Å². The molecule has 0 amide bonds. The van der Waals surface area contributed by atoms with E-state index in [-0.39, 0.29) is 24.8 Å². The van der Waals surface area contributed by atoms with E-state index >= 15 is 8.78 Å². The average molecular weight is 581 g/mol. The van der Waals surface area contributed by atoms with Crippen molar-refractivity contribution in [3.8, 4) is 0 Å². The molecule has 0 heterocycles. The van der Waals surface area contributed by atoms with Crippen molar-refractivity contribution in [2.24, 2.45) is 45.8 Å². The standard InChI is InChI=1S/C22H26F2O7.C8H14.C2H6/c1-10-6-12-13-8-15(23)14-7-11(25)4-5-19(14,2)21(13,24)16(26)9-20(12,3)22(10,17(27)28)31-18(29)30;1-6-3-4-7-5-8(6,7)2;1-2/h4-5,7,10,12-13,15-16,26H,6,8-9H2,1-3H3,(H,27,28)(H,29,30);6-7H,3-5H2,1-2H3;1-2H3/t10-,12?,13+,15+,16?,19?,20?,21+,22+;6?,7-,8?;/m11./s1. The van der Waals surface area contributed by atoms with E-state index in [2.05, 4.69) is 13.8 Å². The number of carbonyl (C=O) groups is 3. The molecule has 3 N–H and O–H groups in total. The zero-order valence-electron chi connectivity index (χ0n) is 25.2. The SMILES string of the molecule is CC.CC1CC[C@@H]2CC12C.C[C@@H]1CC2[C@@H]3C[C@H](F)C4=CC(=O)C=CC4(C)[C@@]3(F)C(O)CC2(C)[C@@]1(OC(=O)O)C(=O)O. The fraction of sp³-hybridized carbons (Fsp3) is 0.781. The molecule has 0 aromatic rings. The minimum Gasteiger partial charge on any atom is -0.478 e. The van der Waals surface area contributed by atoms with Gasteiger partial charge in [0.1, 0.15) is 6.17 Å². The van der Waals surface area contributed by atoms with E-state index in [4.69, 9.17) is 4.74 Å². The molecule has 0 bridgehead atoms. The van der Waals surface area contributed by atoms with Crippen molar-refractivity contribution in [1.29, 1.82) is 0 Å². The first kappa shape index (κ1) is 31.6. The van der Waals surface area contributed by atoms with Crippen LogP contribution >= 0.6 is 0 Å². The largest absolute Gasteiger partial charge is 0.506 e. The number of hydrogen-bond donors (Lipinski definition) is 3. The maximum Gasteiger partial charge on any atom is 0.506 e. The van der Waals surface area contributed by atoms with Crippen molar-refractivity contribution in [3.05, 3.63) is 23.8 Å². The third-order valence-corrected chi connectivity index (χ3v) is 12.3. The number of carboxylic acids is 1. The Balaban J connectivity index is 0.000000325. The summed E-state index contributed by atoms with van der Waals surface area (Å²) in [7, 11) is 0. The van der Waals surface area contributed by atoms with E-state index in [1.54, 1.807) is 0 Å². The van der Waals surface area contributed by atoms with Crippen LogP contribution in [0.3, 0.4) is 0 Å². The van der Waals surface area contributed by atoms with Gasteiger partial charge in [0.05, 0.1) is 6.10 Å². The molecule has 7 nitrogen and oxygen atoms in total. The minimum absolute atomic E-state index is 0.0290. The highest BCUT2D eigenvalue weighted by molar-refractivity contribution is 6.01. The lowest BCUT2D eigenvalue weighted by atomic mass is 9.44. The average Bonchev–Trinajstić information content (AvgIpc) is 3.42. The van der Waals surface area contributed by atoms with Gasteiger partial charge >= 0.3 is 12.1 Å². The summed E-state index contributed by atoms with van der Waals surface area (Å²) >= 11 is 0.